The van der Waals surface area contributed by atoms with E-state index in [1.807, 2.05) is 4.57 Å². The van der Waals surface area contributed by atoms with E-state index in [0.717, 1.165) is 18.7 Å². The molecule has 0 aliphatic carbocycles. The summed E-state index contributed by atoms with van der Waals surface area (Å²) in [5.74, 6) is 0.0595. The number of ketones is 1. The predicted molar refractivity (Wildman–Crippen MR) is 52.2 cm³/mol. The standard InChI is InChI=1S/C10H14N2O/c1-3-6-12-8-11-7-10(12)5-4-9(2)13/h4-5,7-8H,3,6H2,1-2H3. The van der Waals surface area contributed by atoms with Gasteiger partial charge in [0.05, 0.1) is 18.2 Å². The van der Waals surface area contributed by atoms with Gasteiger partial charge in [0.25, 0.3) is 0 Å². The number of hydrogen-bond donors (Lipinski definition) is 0. The minimum absolute atomic E-state index is 0.0595. The molecular formula is C10H14N2O. The topological polar surface area (TPSA) is 34.9 Å². The summed E-state index contributed by atoms with van der Waals surface area (Å²) in [6.45, 7) is 4.59. The van der Waals surface area contributed by atoms with Crippen LogP contribution in [0.15, 0.2) is 18.6 Å². The van der Waals surface area contributed by atoms with E-state index in [9.17, 15) is 4.79 Å². The average molecular weight is 178 g/mol. The Morgan fingerprint density at radius 2 is 2.46 bits per heavy atom. The highest BCUT2D eigenvalue weighted by atomic mass is 16.1. The van der Waals surface area contributed by atoms with Gasteiger partial charge >= 0.3 is 0 Å². The number of aryl methyl sites for hydroxylation is 1. The van der Waals surface area contributed by atoms with Crippen LogP contribution in [0.5, 0.6) is 0 Å². The zero-order valence-electron chi connectivity index (χ0n) is 8.03. The second-order valence-electron chi connectivity index (χ2n) is 2.96. The lowest BCUT2D eigenvalue weighted by Crippen LogP contribution is -1.96. The van der Waals surface area contributed by atoms with E-state index in [0.29, 0.717) is 0 Å². The van der Waals surface area contributed by atoms with E-state index >= 15 is 0 Å². The van der Waals surface area contributed by atoms with Gasteiger partial charge in [0.15, 0.2) is 5.78 Å². The van der Waals surface area contributed by atoms with Gasteiger partial charge in [-0.2, -0.15) is 0 Å². The fourth-order valence-electron chi connectivity index (χ4n) is 1.10. The second-order valence-corrected chi connectivity index (χ2v) is 2.96. The lowest BCUT2D eigenvalue weighted by molar-refractivity contribution is -0.112. The molecule has 0 saturated carbocycles. The number of aromatic nitrogens is 2. The van der Waals surface area contributed by atoms with Crippen molar-refractivity contribution in [1.82, 2.24) is 9.55 Å². The zero-order valence-corrected chi connectivity index (χ0v) is 8.03. The van der Waals surface area contributed by atoms with Gasteiger partial charge in [0.1, 0.15) is 0 Å². The van der Waals surface area contributed by atoms with Gasteiger partial charge in [-0.1, -0.05) is 6.92 Å². The molecule has 0 bridgehead atoms. The molecule has 70 valence electrons. The normalized spacial score (nSPS) is 10.9. The number of imidazole rings is 1. The van der Waals surface area contributed by atoms with Crippen LogP contribution in [-0.2, 0) is 11.3 Å². The number of allylic oxidation sites excluding steroid dienone is 1. The van der Waals surface area contributed by atoms with Gasteiger partial charge in [0, 0.05) is 6.54 Å². The van der Waals surface area contributed by atoms with Crippen LogP contribution in [0.25, 0.3) is 6.08 Å². The molecule has 0 saturated heterocycles. The van der Waals surface area contributed by atoms with Crippen LogP contribution in [-0.4, -0.2) is 15.3 Å². The maximum atomic E-state index is 10.7. The van der Waals surface area contributed by atoms with Crippen LogP contribution in [0.4, 0.5) is 0 Å². The highest BCUT2D eigenvalue weighted by Crippen LogP contribution is 2.02. The van der Waals surface area contributed by atoms with Crippen molar-refractivity contribution in [3.05, 3.63) is 24.3 Å². The summed E-state index contributed by atoms with van der Waals surface area (Å²) in [6.07, 6.45) is 7.96. The monoisotopic (exact) mass is 178 g/mol. The molecule has 0 N–H and O–H groups in total. The van der Waals surface area contributed by atoms with E-state index in [-0.39, 0.29) is 5.78 Å². The minimum atomic E-state index is 0.0595. The van der Waals surface area contributed by atoms with Crippen LogP contribution in [0.2, 0.25) is 0 Å². The van der Waals surface area contributed by atoms with Gasteiger partial charge in [0.2, 0.25) is 0 Å². The predicted octanol–water partition coefficient (Wildman–Crippen LogP) is 1.90. The fourth-order valence-corrected chi connectivity index (χ4v) is 1.10. The molecule has 0 spiro atoms. The van der Waals surface area contributed by atoms with Crippen LogP contribution >= 0.6 is 0 Å². The highest BCUT2D eigenvalue weighted by molar-refractivity contribution is 5.91. The van der Waals surface area contributed by atoms with E-state index in [1.54, 1.807) is 24.7 Å². The summed E-state index contributed by atoms with van der Waals surface area (Å²) in [4.78, 5) is 14.7. The Morgan fingerprint density at radius 3 is 3.08 bits per heavy atom. The van der Waals surface area contributed by atoms with Crippen molar-refractivity contribution < 1.29 is 4.79 Å². The summed E-state index contributed by atoms with van der Waals surface area (Å²) in [6, 6.07) is 0. The second kappa shape index (κ2) is 4.60. The minimum Gasteiger partial charge on any atom is -0.331 e. The first-order valence-corrected chi connectivity index (χ1v) is 4.43. The molecule has 13 heavy (non-hydrogen) atoms. The van der Waals surface area contributed by atoms with E-state index in [1.165, 1.54) is 6.92 Å². The van der Waals surface area contributed by atoms with Crippen LogP contribution in [0, 0.1) is 0 Å². The van der Waals surface area contributed by atoms with Crippen molar-refractivity contribution in [3.8, 4) is 0 Å². The maximum absolute atomic E-state index is 10.7. The molecule has 1 aromatic rings. The molecule has 1 heterocycles. The van der Waals surface area contributed by atoms with Crippen molar-refractivity contribution in [3.63, 3.8) is 0 Å². The SMILES string of the molecule is CCCn1cncc1C=CC(C)=O. The first-order chi connectivity index (χ1) is 6.24. The molecule has 0 aliphatic heterocycles. The van der Waals surface area contributed by atoms with Crippen molar-refractivity contribution >= 4 is 11.9 Å². The fraction of sp³-hybridized carbons (Fsp3) is 0.400. The lowest BCUT2D eigenvalue weighted by atomic mass is 10.3. The van der Waals surface area contributed by atoms with Crippen LogP contribution < -0.4 is 0 Å². The molecule has 0 fully saturated rings. The van der Waals surface area contributed by atoms with Gasteiger partial charge in [-0.25, -0.2) is 4.98 Å². The summed E-state index contributed by atoms with van der Waals surface area (Å²) >= 11 is 0. The third-order valence-corrected chi connectivity index (χ3v) is 1.70. The lowest BCUT2D eigenvalue weighted by Gasteiger charge is -2.00. The van der Waals surface area contributed by atoms with Crippen molar-refractivity contribution in [1.29, 1.82) is 0 Å². The molecule has 0 atom stereocenters. The van der Waals surface area contributed by atoms with Crippen molar-refractivity contribution in [2.75, 3.05) is 0 Å². The van der Waals surface area contributed by atoms with Crippen LogP contribution in [0.1, 0.15) is 26.0 Å². The van der Waals surface area contributed by atoms with Gasteiger partial charge in [-0.05, 0) is 25.5 Å². The van der Waals surface area contributed by atoms with Crippen LogP contribution in [0.3, 0.4) is 0 Å². The number of carbonyl (C=O) groups is 1. The Hall–Kier alpha value is -1.38. The number of hydrogen-bond acceptors (Lipinski definition) is 2. The number of nitrogens with zero attached hydrogens (tertiary/aromatic N) is 2. The molecule has 0 amide bonds. The molecule has 1 aromatic heterocycles. The molecule has 0 radical (unpaired) electrons. The average Bonchev–Trinajstić information content (AvgIpc) is 2.49. The van der Waals surface area contributed by atoms with Gasteiger partial charge in [-0.3, -0.25) is 4.79 Å². The Balaban J connectivity index is 2.75. The molecule has 1 rings (SSSR count). The van der Waals surface area contributed by atoms with Gasteiger partial charge < -0.3 is 4.57 Å². The highest BCUT2D eigenvalue weighted by Gasteiger charge is 1.96. The molecule has 0 aromatic carbocycles. The van der Waals surface area contributed by atoms with E-state index in [4.69, 9.17) is 0 Å². The van der Waals surface area contributed by atoms with Crippen molar-refractivity contribution in [2.24, 2.45) is 0 Å². The molecular weight excluding hydrogens is 164 g/mol. The first-order valence-electron chi connectivity index (χ1n) is 4.43. The van der Waals surface area contributed by atoms with Crippen molar-refractivity contribution in [2.45, 2.75) is 26.8 Å². The maximum Gasteiger partial charge on any atom is 0.152 e. The largest absolute Gasteiger partial charge is 0.331 e. The van der Waals surface area contributed by atoms with E-state index < -0.39 is 0 Å². The summed E-state index contributed by atoms with van der Waals surface area (Å²) in [7, 11) is 0. The summed E-state index contributed by atoms with van der Waals surface area (Å²) in [5.41, 5.74) is 0.983. The Labute approximate surface area is 78.1 Å². The molecule has 3 nitrogen and oxygen atoms in total. The summed E-state index contributed by atoms with van der Waals surface area (Å²) < 4.78 is 2.03. The third kappa shape index (κ3) is 2.86. The Morgan fingerprint density at radius 1 is 1.69 bits per heavy atom. The Bertz CT molecular complexity index is 312. The first kappa shape index (κ1) is 9.71. The molecule has 3 heteroatoms. The smallest absolute Gasteiger partial charge is 0.152 e. The molecule has 0 unspecified atom stereocenters. The number of carbonyl (C=O) groups excluding carboxylic acids is 1. The van der Waals surface area contributed by atoms with E-state index in [2.05, 4.69) is 11.9 Å². The zero-order chi connectivity index (χ0) is 9.68. The molecule has 0 aliphatic rings. The summed E-state index contributed by atoms with van der Waals surface area (Å²) in [5, 5.41) is 0. The van der Waals surface area contributed by atoms with Gasteiger partial charge in [-0.15, -0.1) is 0 Å². The quantitative estimate of drug-likeness (QED) is 0.660. The third-order valence-electron chi connectivity index (χ3n) is 1.70. The Kier molecular flexibility index (Phi) is 3.43. The number of rotatable bonds is 4.